The highest BCUT2D eigenvalue weighted by Gasteiger charge is 2.49. The Labute approximate surface area is 197 Å². The van der Waals surface area contributed by atoms with Crippen molar-refractivity contribution in [3.8, 4) is 0 Å². The van der Waals surface area contributed by atoms with Gasteiger partial charge in [-0.1, -0.05) is 61.2 Å². The number of esters is 1. The van der Waals surface area contributed by atoms with Gasteiger partial charge in [0.25, 0.3) is 5.91 Å². The zero-order valence-corrected chi connectivity index (χ0v) is 19.2. The maximum absolute atomic E-state index is 13.2. The number of nitrogens with one attached hydrogen (secondary N) is 2. The Balaban J connectivity index is 1.74. The lowest BCUT2D eigenvalue weighted by Crippen LogP contribution is -2.44. The van der Waals surface area contributed by atoms with Crippen molar-refractivity contribution in [1.82, 2.24) is 15.5 Å². The summed E-state index contributed by atoms with van der Waals surface area (Å²) >= 11 is 0. The average Bonchev–Trinajstić information content (AvgIpc) is 3.03. The molecule has 2 atom stereocenters. The summed E-state index contributed by atoms with van der Waals surface area (Å²) in [6, 6.07) is 14.4. The molecule has 1 saturated heterocycles. The van der Waals surface area contributed by atoms with Crippen LogP contribution in [0.1, 0.15) is 43.0 Å². The fourth-order valence-electron chi connectivity index (χ4n) is 3.76. The van der Waals surface area contributed by atoms with E-state index in [9.17, 15) is 19.2 Å². The summed E-state index contributed by atoms with van der Waals surface area (Å²) in [5.41, 5.74) is 6.69. The number of imide groups is 1. The first-order chi connectivity index (χ1) is 16.2. The average molecular weight is 465 g/mol. The van der Waals surface area contributed by atoms with E-state index in [1.165, 1.54) is 0 Å². The molecule has 4 N–H and O–H groups in total. The van der Waals surface area contributed by atoms with Crippen LogP contribution in [0.5, 0.6) is 0 Å². The zero-order valence-electron chi connectivity index (χ0n) is 19.2. The minimum absolute atomic E-state index is 0.0831. The fourth-order valence-corrected chi connectivity index (χ4v) is 3.76. The van der Waals surface area contributed by atoms with E-state index in [2.05, 4.69) is 17.2 Å². The highest BCUT2D eigenvalue weighted by atomic mass is 16.5. The van der Waals surface area contributed by atoms with Crippen LogP contribution in [-0.2, 0) is 24.7 Å². The van der Waals surface area contributed by atoms with Gasteiger partial charge in [0.1, 0.15) is 12.1 Å². The van der Waals surface area contributed by atoms with Crippen molar-refractivity contribution in [2.75, 3.05) is 13.2 Å². The van der Waals surface area contributed by atoms with Gasteiger partial charge in [0.15, 0.2) is 0 Å². The zero-order chi connectivity index (χ0) is 24.9. The molecule has 1 heterocycles. The Morgan fingerprint density at radius 2 is 1.79 bits per heavy atom. The molecule has 178 valence electrons. The number of carbonyl (C=O) groups excluding carboxylic acids is 4. The van der Waals surface area contributed by atoms with Crippen LogP contribution < -0.4 is 16.4 Å². The molecule has 1 fully saturated rings. The van der Waals surface area contributed by atoms with Crippen LogP contribution in [0.15, 0.2) is 61.2 Å². The number of urea groups is 1. The SMILES string of the molecule is C=C(N)c1ccc(C2(C)NC(=O)N(CC(=O)N[C@@H](CC(=O)OCC)c3ccccc3)C2=O)cc1. The molecule has 0 bridgehead atoms. The van der Waals surface area contributed by atoms with Gasteiger partial charge in [-0.25, -0.2) is 4.79 Å². The Hall–Kier alpha value is -4.14. The maximum atomic E-state index is 13.2. The van der Waals surface area contributed by atoms with Crippen LogP contribution in [0.3, 0.4) is 0 Å². The first-order valence-electron chi connectivity index (χ1n) is 10.8. The Morgan fingerprint density at radius 3 is 2.38 bits per heavy atom. The third-order valence-electron chi connectivity index (χ3n) is 5.62. The minimum atomic E-state index is -1.34. The molecular formula is C25H28N4O5. The van der Waals surface area contributed by atoms with Crippen LogP contribution in [0.4, 0.5) is 4.79 Å². The second kappa shape index (κ2) is 10.2. The number of carbonyl (C=O) groups is 4. The van der Waals surface area contributed by atoms with Gasteiger partial charge in [-0.15, -0.1) is 0 Å². The Morgan fingerprint density at radius 1 is 1.15 bits per heavy atom. The van der Waals surface area contributed by atoms with E-state index >= 15 is 0 Å². The van der Waals surface area contributed by atoms with E-state index in [1.54, 1.807) is 62.4 Å². The van der Waals surface area contributed by atoms with E-state index in [1.807, 2.05) is 6.07 Å². The standard InChI is InChI=1S/C25H28N4O5/c1-4-34-22(31)14-20(18-8-6-5-7-9-18)27-21(30)15-29-23(32)25(3,28-24(29)33)19-12-10-17(11-13-19)16(2)26/h5-13,20H,2,4,14-15,26H2,1,3H3,(H,27,30)(H,28,33)/t20-,25?/m0/s1. The maximum Gasteiger partial charge on any atom is 0.325 e. The van der Waals surface area contributed by atoms with Crippen molar-refractivity contribution < 1.29 is 23.9 Å². The van der Waals surface area contributed by atoms with E-state index < -0.39 is 41.9 Å². The van der Waals surface area contributed by atoms with E-state index in [0.717, 1.165) is 4.90 Å². The third-order valence-corrected chi connectivity index (χ3v) is 5.62. The fraction of sp³-hybridized carbons (Fsp3) is 0.280. The molecule has 0 aliphatic carbocycles. The third kappa shape index (κ3) is 5.25. The predicted molar refractivity (Wildman–Crippen MR) is 126 cm³/mol. The normalized spacial score (nSPS) is 18.2. The number of amides is 4. The van der Waals surface area contributed by atoms with Crippen molar-refractivity contribution in [3.05, 3.63) is 77.9 Å². The van der Waals surface area contributed by atoms with Crippen molar-refractivity contribution in [2.24, 2.45) is 5.73 Å². The minimum Gasteiger partial charge on any atom is -0.466 e. The van der Waals surface area contributed by atoms with Crippen LogP contribution in [0.2, 0.25) is 0 Å². The molecule has 0 aromatic heterocycles. The van der Waals surface area contributed by atoms with Crippen LogP contribution in [0, 0.1) is 0 Å². The molecule has 34 heavy (non-hydrogen) atoms. The van der Waals surface area contributed by atoms with Gasteiger partial charge in [-0.05, 0) is 30.5 Å². The predicted octanol–water partition coefficient (Wildman–Crippen LogP) is 2.19. The molecule has 0 spiro atoms. The number of ether oxygens (including phenoxy) is 1. The highest BCUT2D eigenvalue weighted by molar-refractivity contribution is 6.09. The van der Waals surface area contributed by atoms with E-state index in [-0.39, 0.29) is 13.0 Å². The number of hydrogen-bond acceptors (Lipinski definition) is 6. The van der Waals surface area contributed by atoms with Gasteiger partial charge < -0.3 is 21.1 Å². The molecule has 9 nitrogen and oxygen atoms in total. The monoisotopic (exact) mass is 464 g/mol. The molecule has 1 unspecified atom stereocenters. The summed E-state index contributed by atoms with van der Waals surface area (Å²) in [5, 5.41) is 5.40. The topological polar surface area (TPSA) is 131 Å². The molecule has 3 rings (SSSR count). The lowest BCUT2D eigenvalue weighted by Gasteiger charge is -2.23. The molecule has 1 aliphatic heterocycles. The molecule has 2 aromatic rings. The summed E-state index contributed by atoms with van der Waals surface area (Å²) in [5.74, 6) is -1.61. The highest BCUT2D eigenvalue weighted by Crippen LogP contribution is 2.29. The summed E-state index contributed by atoms with van der Waals surface area (Å²) in [6.45, 7) is 6.67. The van der Waals surface area contributed by atoms with Gasteiger partial charge in [0.05, 0.1) is 19.1 Å². The molecule has 2 aromatic carbocycles. The summed E-state index contributed by atoms with van der Waals surface area (Å²) in [7, 11) is 0. The molecular weight excluding hydrogens is 436 g/mol. The first kappa shape index (κ1) is 24.5. The summed E-state index contributed by atoms with van der Waals surface area (Å²) in [6.07, 6.45) is -0.0831. The Bertz CT molecular complexity index is 1100. The lowest BCUT2D eigenvalue weighted by molar-refractivity contribution is -0.144. The van der Waals surface area contributed by atoms with Gasteiger partial charge in [-0.2, -0.15) is 0 Å². The second-order valence-corrected chi connectivity index (χ2v) is 8.09. The van der Waals surface area contributed by atoms with Crippen molar-refractivity contribution in [2.45, 2.75) is 31.8 Å². The smallest absolute Gasteiger partial charge is 0.325 e. The van der Waals surface area contributed by atoms with Crippen molar-refractivity contribution in [1.29, 1.82) is 0 Å². The quantitative estimate of drug-likeness (QED) is 0.385. The summed E-state index contributed by atoms with van der Waals surface area (Å²) in [4.78, 5) is 51.5. The van der Waals surface area contributed by atoms with Crippen LogP contribution in [0.25, 0.3) is 5.70 Å². The second-order valence-electron chi connectivity index (χ2n) is 8.09. The first-order valence-corrected chi connectivity index (χ1v) is 10.8. The molecule has 9 heteroatoms. The van der Waals surface area contributed by atoms with Crippen LogP contribution >= 0.6 is 0 Å². The van der Waals surface area contributed by atoms with Crippen LogP contribution in [-0.4, -0.2) is 41.9 Å². The molecule has 4 amide bonds. The summed E-state index contributed by atoms with van der Waals surface area (Å²) < 4.78 is 5.01. The van der Waals surface area contributed by atoms with Gasteiger partial charge in [-0.3, -0.25) is 19.3 Å². The van der Waals surface area contributed by atoms with E-state index in [0.29, 0.717) is 22.4 Å². The van der Waals surface area contributed by atoms with Gasteiger partial charge in [0.2, 0.25) is 5.91 Å². The van der Waals surface area contributed by atoms with E-state index in [4.69, 9.17) is 10.5 Å². The van der Waals surface area contributed by atoms with Gasteiger partial charge >= 0.3 is 12.0 Å². The van der Waals surface area contributed by atoms with Crippen molar-refractivity contribution in [3.63, 3.8) is 0 Å². The van der Waals surface area contributed by atoms with Gasteiger partial charge in [0, 0.05) is 5.70 Å². The number of hydrogen-bond donors (Lipinski definition) is 3. The Kier molecular flexibility index (Phi) is 7.35. The molecule has 1 aliphatic rings. The van der Waals surface area contributed by atoms with Crippen molar-refractivity contribution >= 4 is 29.5 Å². The number of rotatable bonds is 9. The number of nitrogens with zero attached hydrogens (tertiary/aromatic N) is 1. The lowest BCUT2D eigenvalue weighted by atomic mass is 9.91. The largest absolute Gasteiger partial charge is 0.466 e. The molecule has 0 saturated carbocycles. The number of nitrogens with two attached hydrogens (primary N) is 1. The molecule has 0 radical (unpaired) electrons. The number of benzene rings is 2.